The van der Waals surface area contributed by atoms with E-state index in [1.165, 1.54) is 6.08 Å². The number of aliphatic hydroxyl groups excluding tert-OH is 4. The molecule has 0 aromatic heterocycles. The lowest BCUT2D eigenvalue weighted by molar-refractivity contribution is -0.195. The zero-order chi connectivity index (χ0) is 26.3. The van der Waals surface area contributed by atoms with Crippen LogP contribution in [-0.2, 0) is 4.79 Å². The van der Waals surface area contributed by atoms with Crippen LogP contribution in [0.2, 0.25) is 0 Å². The topological polar surface area (TPSA) is 138 Å². The van der Waals surface area contributed by atoms with Crippen LogP contribution in [0.1, 0.15) is 73.1 Å². The number of aliphatic hydroxyl groups is 6. The van der Waals surface area contributed by atoms with Gasteiger partial charge in [0.15, 0.2) is 5.78 Å². The second-order valence-electron chi connectivity index (χ2n) is 13.0. The van der Waals surface area contributed by atoms with Crippen LogP contribution in [0.15, 0.2) is 23.8 Å². The van der Waals surface area contributed by atoms with Gasteiger partial charge in [-0.25, -0.2) is 0 Å². The standard InChI is InChI=1S/C28H44O7/c1-14(2)15(3)9-23(33)27(6,34)22-7-8-28(35)17-11-18(29)16-10-19(30)20(31)12-25(16,4)24(17)21(32)13-26(22,28)5/h11,14,16,19-24,30-35H,3,7-10,12-13H2,1-2,4-6H3/t16-,19+,20-,21+,22-,23+,24?,25-,26+,27+,28+/m0/s1. The van der Waals surface area contributed by atoms with Gasteiger partial charge in [-0.15, -0.1) is 0 Å². The minimum absolute atomic E-state index is 0.127. The van der Waals surface area contributed by atoms with Crippen LogP contribution in [0.3, 0.4) is 0 Å². The van der Waals surface area contributed by atoms with Crippen molar-refractivity contribution >= 4 is 5.78 Å². The fourth-order valence-electron chi connectivity index (χ4n) is 8.35. The summed E-state index contributed by atoms with van der Waals surface area (Å²) >= 11 is 0. The van der Waals surface area contributed by atoms with Crippen molar-refractivity contribution in [3.05, 3.63) is 23.8 Å². The second-order valence-corrected chi connectivity index (χ2v) is 13.0. The molecule has 198 valence electrons. The van der Waals surface area contributed by atoms with Gasteiger partial charge in [-0.3, -0.25) is 4.79 Å². The Morgan fingerprint density at radius 2 is 1.80 bits per heavy atom. The smallest absolute Gasteiger partial charge is 0.159 e. The highest BCUT2D eigenvalue weighted by atomic mass is 16.3. The first kappa shape index (κ1) is 27.0. The minimum Gasteiger partial charge on any atom is -0.392 e. The predicted octanol–water partition coefficient (Wildman–Crippen LogP) is 1.88. The van der Waals surface area contributed by atoms with E-state index in [0.29, 0.717) is 18.4 Å². The van der Waals surface area contributed by atoms with E-state index in [9.17, 15) is 35.4 Å². The maximum absolute atomic E-state index is 13.3. The van der Waals surface area contributed by atoms with Crippen LogP contribution < -0.4 is 0 Å². The molecule has 7 nitrogen and oxygen atoms in total. The monoisotopic (exact) mass is 492 g/mol. The Kier molecular flexibility index (Phi) is 6.52. The summed E-state index contributed by atoms with van der Waals surface area (Å²) < 4.78 is 0. The number of carbonyl (C=O) groups is 1. The number of hydrogen-bond acceptors (Lipinski definition) is 7. The third-order valence-electron chi connectivity index (χ3n) is 10.7. The summed E-state index contributed by atoms with van der Waals surface area (Å²) in [5.41, 5.74) is -3.45. The molecule has 1 unspecified atom stereocenters. The van der Waals surface area contributed by atoms with Crippen LogP contribution in [-0.4, -0.2) is 72.0 Å². The van der Waals surface area contributed by atoms with Crippen molar-refractivity contribution in [1.82, 2.24) is 0 Å². The molecule has 7 heteroatoms. The molecule has 4 aliphatic rings. The molecule has 0 aromatic rings. The normalized spacial score (nSPS) is 47.9. The number of carbonyl (C=O) groups excluding carboxylic acids is 1. The third-order valence-corrected chi connectivity index (χ3v) is 10.7. The Morgan fingerprint density at radius 3 is 2.40 bits per heavy atom. The Labute approximate surface area is 208 Å². The van der Waals surface area contributed by atoms with E-state index in [0.717, 1.165) is 5.57 Å². The zero-order valence-electron chi connectivity index (χ0n) is 21.7. The van der Waals surface area contributed by atoms with Crippen molar-refractivity contribution in [2.45, 2.75) is 109 Å². The van der Waals surface area contributed by atoms with Crippen molar-refractivity contribution in [2.75, 3.05) is 0 Å². The van der Waals surface area contributed by atoms with Crippen LogP contribution >= 0.6 is 0 Å². The molecule has 3 fully saturated rings. The average Bonchev–Trinajstić information content (AvgIpc) is 3.01. The van der Waals surface area contributed by atoms with Crippen molar-refractivity contribution in [2.24, 2.45) is 34.5 Å². The van der Waals surface area contributed by atoms with Crippen LogP contribution in [0.5, 0.6) is 0 Å². The van der Waals surface area contributed by atoms with Crippen LogP contribution in [0.4, 0.5) is 0 Å². The Hall–Kier alpha value is -1.09. The van der Waals surface area contributed by atoms with Crippen molar-refractivity contribution in [3.63, 3.8) is 0 Å². The lowest BCUT2D eigenvalue weighted by atomic mass is 9.44. The minimum atomic E-state index is -1.54. The summed E-state index contributed by atoms with van der Waals surface area (Å²) in [5, 5.41) is 67.2. The predicted molar refractivity (Wildman–Crippen MR) is 131 cm³/mol. The third kappa shape index (κ3) is 3.72. The van der Waals surface area contributed by atoms with Gasteiger partial charge in [-0.05, 0) is 74.3 Å². The van der Waals surface area contributed by atoms with E-state index < -0.39 is 64.2 Å². The van der Waals surface area contributed by atoms with Crippen molar-refractivity contribution in [1.29, 1.82) is 0 Å². The lowest BCUT2D eigenvalue weighted by Crippen LogP contribution is -2.66. The fraction of sp³-hybridized carbons (Fsp3) is 0.821. The molecule has 3 saturated carbocycles. The highest BCUT2D eigenvalue weighted by Crippen LogP contribution is 2.68. The molecule has 4 aliphatic carbocycles. The summed E-state index contributed by atoms with van der Waals surface area (Å²) in [7, 11) is 0. The SMILES string of the molecule is C=C(C[C@@H](O)[C@](C)(O)[C@H]1CC[C@@]2(O)C3=CC(=O)[C@@H]4C[C@@H](O)[C@@H](O)C[C@]4(C)C3[C@H](O)C[C@]12C)C(C)C. The van der Waals surface area contributed by atoms with Crippen molar-refractivity contribution in [3.8, 4) is 0 Å². The maximum Gasteiger partial charge on any atom is 0.159 e. The van der Waals surface area contributed by atoms with Gasteiger partial charge in [0.05, 0.1) is 35.6 Å². The molecule has 0 heterocycles. The molecule has 4 rings (SSSR count). The van der Waals surface area contributed by atoms with E-state index in [1.807, 2.05) is 27.7 Å². The first-order chi connectivity index (χ1) is 16.0. The average molecular weight is 493 g/mol. The van der Waals surface area contributed by atoms with Gasteiger partial charge in [0.2, 0.25) is 0 Å². The lowest BCUT2D eigenvalue weighted by Gasteiger charge is -2.62. The number of hydrogen-bond donors (Lipinski definition) is 6. The molecular formula is C28H44O7. The largest absolute Gasteiger partial charge is 0.392 e. The molecule has 0 spiro atoms. The summed E-state index contributed by atoms with van der Waals surface area (Å²) in [5.74, 6) is -1.64. The maximum atomic E-state index is 13.3. The number of fused-ring (bicyclic) bond motifs is 5. The Bertz CT molecular complexity index is 924. The molecule has 0 amide bonds. The van der Waals surface area contributed by atoms with E-state index >= 15 is 0 Å². The van der Waals surface area contributed by atoms with Gasteiger partial charge in [-0.2, -0.15) is 0 Å². The molecule has 0 saturated heterocycles. The van der Waals surface area contributed by atoms with Gasteiger partial charge in [0.1, 0.15) is 0 Å². The van der Waals surface area contributed by atoms with Gasteiger partial charge in [0.25, 0.3) is 0 Å². The fourth-order valence-corrected chi connectivity index (χ4v) is 8.35. The molecule has 0 aliphatic heterocycles. The number of allylic oxidation sites excluding steroid dienone is 1. The molecule has 6 N–H and O–H groups in total. The second kappa shape index (κ2) is 8.47. The summed E-state index contributed by atoms with van der Waals surface area (Å²) in [4.78, 5) is 13.3. The van der Waals surface area contributed by atoms with E-state index in [1.54, 1.807) is 6.92 Å². The summed E-state index contributed by atoms with van der Waals surface area (Å²) in [6, 6.07) is 0. The first-order valence-electron chi connectivity index (χ1n) is 13.1. The first-order valence-corrected chi connectivity index (χ1v) is 13.1. The van der Waals surface area contributed by atoms with E-state index in [4.69, 9.17) is 0 Å². The molecule has 11 atom stereocenters. The molecule has 0 radical (unpaired) electrons. The van der Waals surface area contributed by atoms with Gasteiger partial charge < -0.3 is 30.6 Å². The van der Waals surface area contributed by atoms with Crippen LogP contribution in [0, 0.1) is 34.5 Å². The zero-order valence-corrected chi connectivity index (χ0v) is 21.7. The highest BCUT2D eigenvalue weighted by molar-refractivity contribution is 5.95. The molecule has 0 aromatic carbocycles. The van der Waals surface area contributed by atoms with Gasteiger partial charge in [-0.1, -0.05) is 39.8 Å². The number of rotatable bonds is 5. The summed E-state index contributed by atoms with van der Waals surface area (Å²) in [6.45, 7) is 13.3. The van der Waals surface area contributed by atoms with Gasteiger partial charge >= 0.3 is 0 Å². The molecular weight excluding hydrogens is 448 g/mol. The van der Waals surface area contributed by atoms with Crippen molar-refractivity contribution < 1.29 is 35.4 Å². The van der Waals surface area contributed by atoms with E-state index in [-0.39, 0.29) is 37.4 Å². The quantitative estimate of drug-likeness (QED) is 0.322. The van der Waals surface area contributed by atoms with Crippen LogP contribution in [0.25, 0.3) is 0 Å². The number of ketones is 1. The Balaban J connectivity index is 1.73. The highest BCUT2D eigenvalue weighted by Gasteiger charge is 2.71. The molecule has 35 heavy (non-hydrogen) atoms. The van der Waals surface area contributed by atoms with E-state index in [2.05, 4.69) is 6.58 Å². The molecule has 0 bridgehead atoms. The summed E-state index contributed by atoms with van der Waals surface area (Å²) in [6.07, 6.45) is -1.07. The van der Waals surface area contributed by atoms with Gasteiger partial charge in [0, 0.05) is 17.3 Å². The Morgan fingerprint density at radius 1 is 1.17 bits per heavy atom.